The number of methoxy groups -OCH3 is 1. The van der Waals surface area contributed by atoms with Gasteiger partial charge in [-0.15, -0.1) is 0 Å². The maximum atomic E-state index is 8.91. The molecule has 3 unspecified atom stereocenters. The molecule has 0 spiro atoms. The van der Waals surface area contributed by atoms with Gasteiger partial charge in [0.15, 0.2) is 0 Å². The summed E-state index contributed by atoms with van der Waals surface area (Å²) in [5, 5.41) is 36.4. The van der Waals surface area contributed by atoms with Gasteiger partial charge in [-0.3, -0.25) is 0 Å². The summed E-state index contributed by atoms with van der Waals surface area (Å²) in [5.41, 5.74) is 0. The summed E-state index contributed by atoms with van der Waals surface area (Å²) in [7, 11) is 1.67. The first-order chi connectivity index (χ1) is 16.5. The number of nitrogens with one attached hydrogen (secondary N) is 3. The second-order valence-corrected chi connectivity index (χ2v) is 10.1. The van der Waals surface area contributed by atoms with Crippen molar-refractivity contribution in [2.75, 3.05) is 40.1 Å². The van der Waals surface area contributed by atoms with Crippen molar-refractivity contribution in [3.63, 3.8) is 0 Å². The van der Waals surface area contributed by atoms with Crippen molar-refractivity contribution in [1.29, 1.82) is 0 Å². The minimum absolute atomic E-state index is 0.176. The number of aliphatic hydroxyl groups excluding tert-OH is 3. The highest BCUT2D eigenvalue weighted by Gasteiger charge is 2.12. The van der Waals surface area contributed by atoms with Crippen molar-refractivity contribution < 1.29 is 20.1 Å². The van der Waals surface area contributed by atoms with Gasteiger partial charge in [0, 0.05) is 50.5 Å². The highest BCUT2D eigenvalue weighted by Crippen LogP contribution is 2.06. The number of hydrogen-bond acceptors (Lipinski definition) is 7. The van der Waals surface area contributed by atoms with E-state index in [4.69, 9.17) is 20.1 Å². The van der Waals surface area contributed by atoms with Crippen LogP contribution in [0.15, 0.2) is 0 Å². The molecule has 6 N–H and O–H groups in total. The Morgan fingerprint density at radius 1 is 0.686 bits per heavy atom. The van der Waals surface area contributed by atoms with Crippen LogP contribution in [-0.4, -0.2) is 85.6 Å². The van der Waals surface area contributed by atoms with Gasteiger partial charge in [0.05, 0.1) is 13.2 Å². The molecule has 0 aliphatic carbocycles. The van der Waals surface area contributed by atoms with E-state index in [1.165, 1.54) is 6.42 Å². The van der Waals surface area contributed by atoms with Crippen molar-refractivity contribution in [1.82, 2.24) is 16.0 Å². The van der Waals surface area contributed by atoms with Crippen molar-refractivity contribution in [2.45, 2.75) is 132 Å². The van der Waals surface area contributed by atoms with Crippen LogP contribution < -0.4 is 16.0 Å². The van der Waals surface area contributed by atoms with Crippen LogP contribution in [0.5, 0.6) is 0 Å². The first-order valence-corrected chi connectivity index (χ1v) is 14.1. The second-order valence-electron chi connectivity index (χ2n) is 10.1. The molecule has 0 aliphatic heterocycles. The van der Waals surface area contributed by atoms with Crippen LogP contribution in [0.4, 0.5) is 0 Å². The van der Waals surface area contributed by atoms with Crippen molar-refractivity contribution >= 4 is 0 Å². The molecule has 0 aromatic rings. The maximum Gasteiger partial charge on any atom is 0.0585 e. The Balaban J connectivity index is -0.000000198. The summed E-state index contributed by atoms with van der Waals surface area (Å²) in [6.45, 7) is 25.6. The van der Waals surface area contributed by atoms with Crippen molar-refractivity contribution in [2.24, 2.45) is 11.8 Å². The topological polar surface area (TPSA) is 106 Å². The summed E-state index contributed by atoms with van der Waals surface area (Å²) < 4.78 is 4.90. The van der Waals surface area contributed by atoms with Crippen LogP contribution >= 0.6 is 0 Å². The second kappa shape index (κ2) is 31.7. The number of ether oxygens (including phenoxy) is 1. The number of rotatable bonds is 17. The van der Waals surface area contributed by atoms with E-state index in [2.05, 4.69) is 78.3 Å². The van der Waals surface area contributed by atoms with Crippen LogP contribution in [-0.2, 0) is 4.74 Å². The van der Waals surface area contributed by atoms with Crippen molar-refractivity contribution in [3.05, 3.63) is 0 Å². The molecule has 0 saturated carbocycles. The lowest BCUT2D eigenvalue weighted by Crippen LogP contribution is -2.39. The highest BCUT2D eigenvalue weighted by molar-refractivity contribution is 4.72. The van der Waals surface area contributed by atoms with Crippen molar-refractivity contribution in [3.8, 4) is 0 Å². The van der Waals surface area contributed by atoms with Gasteiger partial charge in [0.25, 0.3) is 0 Å². The molecule has 0 saturated heterocycles. The van der Waals surface area contributed by atoms with Crippen LogP contribution in [0.25, 0.3) is 0 Å². The monoisotopic (exact) mass is 510 g/mol. The Hall–Kier alpha value is -0.280. The Kier molecular flexibility index (Phi) is 37.9. The Morgan fingerprint density at radius 3 is 1.51 bits per heavy atom. The smallest absolute Gasteiger partial charge is 0.0585 e. The third-order valence-electron chi connectivity index (χ3n) is 5.06. The zero-order valence-corrected chi connectivity index (χ0v) is 25.7. The van der Waals surface area contributed by atoms with Crippen LogP contribution in [0.1, 0.15) is 102 Å². The first-order valence-electron chi connectivity index (χ1n) is 14.1. The van der Waals surface area contributed by atoms with E-state index in [0.29, 0.717) is 36.7 Å². The molecule has 218 valence electrons. The Morgan fingerprint density at radius 2 is 1.20 bits per heavy atom. The van der Waals surface area contributed by atoms with Crippen LogP contribution in [0.3, 0.4) is 0 Å². The van der Waals surface area contributed by atoms with E-state index >= 15 is 0 Å². The van der Waals surface area contributed by atoms with E-state index in [-0.39, 0.29) is 25.9 Å². The van der Waals surface area contributed by atoms with E-state index in [1.54, 1.807) is 7.11 Å². The average molecular weight is 510 g/mol. The fraction of sp³-hybridized carbons (Fsp3) is 1.00. The molecule has 0 heterocycles. The number of likely N-dealkylation sites (N-methyl/N-ethyl adjacent to an activating group) is 1. The molecule has 7 nitrogen and oxygen atoms in total. The van der Waals surface area contributed by atoms with Gasteiger partial charge in [-0.1, -0.05) is 76.2 Å². The fourth-order valence-corrected chi connectivity index (χ4v) is 3.22. The minimum atomic E-state index is 0.176. The lowest BCUT2D eigenvalue weighted by atomic mass is 10.0. The molecule has 0 rings (SSSR count). The predicted octanol–water partition coefficient (Wildman–Crippen LogP) is 4.19. The third kappa shape index (κ3) is 36.0. The SMILES string of the molecule is CC.CC(C)NC(CCO)C(C)C.CCNC(CO)CCC(C)C.COCCC(CO)NC(C)C. The van der Waals surface area contributed by atoms with E-state index in [1.807, 2.05) is 13.8 Å². The lowest BCUT2D eigenvalue weighted by Gasteiger charge is -2.23. The predicted molar refractivity (Wildman–Crippen MR) is 154 cm³/mol. The normalized spacial score (nSPS) is 13.5. The summed E-state index contributed by atoms with van der Waals surface area (Å²) in [4.78, 5) is 0. The molecular weight excluding hydrogens is 442 g/mol. The maximum absolute atomic E-state index is 8.91. The molecular formula is C28H67N3O4. The molecule has 7 heteroatoms. The first kappa shape index (κ1) is 41.8. The lowest BCUT2D eigenvalue weighted by molar-refractivity contribution is 0.156. The summed E-state index contributed by atoms with van der Waals surface area (Å²) in [5.74, 6) is 1.34. The zero-order chi connectivity index (χ0) is 28.2. The number of aliphatic hydroxyl groups is 3. The van der Waals surface area contributed by atoms with Gasteiger partial charge < -0.3 is 36.0 Å². The number of hydrogen-bond donors (Lipinski definition) is 6. The van der Waals surface area contributed by atoms with E-state index in [0.717, 1.165) is 31.7 Å². The molecule has 0 aromatic heterocycles. The Bertz CT molecular complexity index is 370. The van der Waals surface area contributed by atoms with Crippen LogP contribution in [0.2, 0.25) is 0 Å². The van der Waals surface area contributed by atoms with Gasteiger partial charge in [-0.25, -0.2) is 0 Å². The molecule has 0 radical (unpaired) electrons. The standard InChI is InChI=1S/2C9H21NO.C8H19NO2.C2H6/c1-7(2)9(5-6-11)10-8(3)4;1-4-10-9(7-11)6-5-8(2)3;1-7(2)9-8(6-10)4-5-11-3;1-2/h7-11H,5-6H2,1-4H3;8-11H,4-7H2,1-3H3;7-10H,4-6H2,1-3H3;1-2H3. The summed E-state index contributed by atoms with van der Waals surface area (Å²) >= 11 is 0. The van der Waals surface area contributed by atoms with Gasteiger partial charge in [0.2, 0.25) is 0 Å². The molecule has 0 aromatic carbocycles. The van der Waals surface area contributed by atoms with E-state index < -0.39 is 0 Å². The molecule has 0 amide bonds. The van der Waals surface area contributed by atoms with Crippen LogP contribution in [0, 0.1) is 11.8 Å². The Labute approximate surface area is 220 Å². The fourth-order valence-electron chi connectivity index (χ4n) is 3.22. The van der Waals surface area contributed by atoms with E-state index in [9.17, 15) is 0 Å². The van der Waals surface area contributed by atoms with Gasteiger partial charge in [0.1, 0.15) is 0 Å². The largest absolute Gasteiger partial charge is 0.396 e. The van der Waals surface area contributed by atoms with Gasteiger partial charge in [-0.2, -0.15) is 0 Å². The van der Waals surface area contributed by atoms with Gasteiger partial charge in [-0.05, 0) is 44.1 Å². The minimum Gasteiger partial charge on any atom is -0.396 e. The third-order valence-corrected chi connectivity index (χ3v) is 5.06. The van der Waals surface area contributed by atoms with Gasteiger partial charge >= 0.3 is 0 Å². The summed E-state index contributed by atoms with van der Waals surface area (Å²) in [6.07, 6.45) is 4.00. The highest BCUT2D eigenvalue weighted by atomic mass is 16.5. The quantitative estimate of drug-likeness (QED) is 0.175. The average Bonchev–Trinajstić information content (AvgIpc) is 2.80. The molecule has 35 heavy (non-hydrogen) atoms. The zero-order valence-electron chi connectivity index (χ0n) is 25.7. The molecule has 0 fully saturated rings. The summed E-state index contributed by atoms with van der Waals surface area (Å²) in [6, 6.07) is 1.87. The molecule has 0 aliphatic rings. The molecule has 3 atom stereocenters. The molecule has 0 bridgehead atoms.